The molecule has 3 rings (SSSR count). The van der Waals surface area contributed by atoms with Gasteiger partial charge in [0.1, 0.15) is 0 Å². The maximum atomic E-state index is 12.8. The van der Waals surface area contributed by atoms with Crippen LogP contribution in [0, 0.1) is 11.8 Å². The lowest BCUT2D eigenvalue weighted by molar-refractivity contribution is -0.137. The first-order valence-corrected chi connectivity index (χ1v) is 8.66. The average Bonchev–Trinajstić information content (AvgIpc) is 3.13. The van der Waals surface area contributed by atoms with Crippen LogP contribution in [0.15, 0.2) is 12.1 Å². The molecule has 126 valence electrons. The molecule has 0 N–H and O–H groups in total. The number of hydrogen-bond acceptors (Lipinski definition) is 3. The van der Waals surface area contributed by atoms with Crippen molar-refractivity contribution in [3.63, 3.8) is 0 Å². The molecular weight excluding hydrogens is 290 g/mol. The number of amides is 1. The Labute approximate surface area is 138 Å². The SMILES string of the molecule is COc1cc2c(cc1OC)CN(C(=O)C(C)C1CCCC1)CC2. The molecule has 1 amide bonds. The molecule has 1 aromatic carbocycles. The summed E-state index contributed by atoms with van der Waals surface area (Å²) in [4.78, 5) is 14.9. The van der Waals surface area contributed by atoms with Gasteiger partial charge in [-0.15, -0.1) is 0 Å². The predicted molar refractivity (Wildman–Crippen MR) is 89.8 cm³/mol. The normalized spacial score (nSPS) is 19.3. The Bertz CT molecular complexity index is 578. The standard InChI is InChI=1S/C19H27NO3/c1-13(14-6-4-5-7-14)19(21)20-9-8-15-10-17(22-2)18(23-3)11-16(15)12-20/h10-11,13-14H,4-9,12H2,1-3H3. The van der Waals surface area contributed by atoms with E-state index < -0.39 is 0 Å². The van der Waals surface area contributed by atoms with Crippen LogP contribution >= 0.6 is 0 Å². The Kier molecular flexibility index (Phi) is 4.79. The third kappa shape index (κ3) is 3.17. The Morgan fingerprint density at radius 2 is 1.74 bits per heavy atom. The van der Waals surface area contributed by atoms with E-state index in [1.165, 1.54) is 36.8 Å². The van der Waals surface area contributed by atoms with E-state index in [1.54, 1.807) is 14.2 Å². The number of ether oxygens (including phenoxy) is 2. The van der Waals surface area contributed by atoms with Crippen molar-refractivity contribution in [2.24, 2.45) is 11.8 Å². The molecule has 0 aromatic heterocycles. The molecule has 23 heavy (non-hydrogen) atoms. The monoisotopic (exact) mass is 317 g/mol. The highest BCUT2D eigenvalue weighted by atomic mass is 16.5. The Hall–Kier alpha value is -1.71. The van der Waals surface area contributed by atoms with Crippen molar-refractivity contribution in [2.45, 2.75) is 45.6 Å². The lowest BCUT2D eigenvalue weighted by Gasteiger charge is -2.33. The zero-order valence-electron chi connectivity index (χ0n) is 14.4. The van der Waals surface area contributed by atoms with E-state index in [9.17, 15) is 4.79 Å². The summed E-state index contributed by atoms with van der Waals surface area (Å²) in [6.45, 7) is 3.60. The number of rotatable bonds is 4. The number of hydrogen-bond donors (Lipinski definition) is 0. The summed E-state index contributed by atoms with van der Waals surface area (Å²) in [7, 11) is 3.31. The molecule has 1 aliphatic carbocycles. The second-order valence-electron chi connectivity index (χ2n) is 6.82. The van der Waals surface area contributed by atoms with E-state index >= 15 is 0 Å². The molecule has 1 aliphatic heterocycles. The van der Waals surface area contributed by atoms with Gasteiger partial charge in [0.15, 0.2) is 11.5 Å². The van der Waals surface area contributed by atoms with Crippen LogP contribution in [-0.4, -0.2) is 31.6 Å². The second-order valence-corrected chi connectivity index (χ2v) is 6.82. The Morgan fingerprint density at radius 3 is 2.35 bits per heavy atom. The van der Waals surface area contributed by atoms with Gasteiger partial charge >= 0.3 is 0 Å². The number of nitrogens with zero attached hydrogens (tertiary/aromatic N) is 1. The molecule has 1 fully saturated rings. The molecule has 1 aromatic rings. The first-order chi connectivity index (χ1) is 11.1. The fourth-order valence-electron chi connectivity index (χ4n) is 4.02. The lowest BCUT2D eigenvalue weighted by Crippen LogP contribution is -2.40. The molecule has 4 heteroatoms. The van der Waals surface area contributed by atoms with Crippen LogP contribution in [0.2, 0.25) is 0 Å². The van der Waals surface area contributed by atoms with Crippen LogP contribution in [0.25, 0.3) is 0 Å². The second kappa shape index (κ2) is 6.81. The Morgan fingerprint density at radius 1 is 1.13 bits per heavy atom. The van der Waals surface area contributed by atoms with Gasteiger partial charge in [-0.3, -0.25) is 4.79 Å². The number of benzene rings is 1. The molecule has 1 atom stereocenters. The maximum Gasteiger partial charge on any atom is 0.225 e. The number of methoxy groups -OCH3 is 2. The first kappa shape index (κ1) is 16.2. The predicted octanol–water partition coefficient (Wildman–Crippen LogP) is 3.41. The van der Waals surface area contributed by atoms with Crippen molar-refractivity contribution < 1.29 is 14.3 Å². The van der Waals surface area contributed by atoms with Crippen molar-refractivity contribution in [3.8, 4) is 11.5 Å². The van der Waals surface area contributed by atoms with Crippen LogP contribution in [0.1, 0.15) is 43.7 Å². The average molecular weight is 317 g/mol. The summed E-state index contributed by atoms with van der Waals surface area (Å²) in [6.07, 6.45) is 5.87. The van der Waals surface area contributed by atoms with Gasteiger partial charge in [0, 0.05) is 19.0 Å². The molecule has 1 saturated carbocycles. The largest absolute Gasteiger partial charge is 0.493 e. The summed E-state index contributed by atoms with van der Waals surface area (Å²) in [5.74, 6) is 2.56. The highest BCUT2D eigenvalue weighted by Crippen LogP contribution is 2.35. The minimum atomic E-state index is 0.152. The van der Waals surface area contributed by atoms with E-state index in [1.807, 2.05) is 11.0 Å². The van der Waals surface area contributed by atoms with Crippen LogP contribution in [-0.2, 0) is 17.8 Å². The smallest absolute Gasteiger partial charge is 0.225 e. The summed E-state index contributed by atoms with van der Waals surface area (Å²) in [6, 6.07) is 4.07. The first-order valence-electron chi connectivity index (χ1n) is 8.66. The van der Waals surface area contributed by atoms with E-state index in [4.69, 9.17) is 9.47 Å². The summed E-state index contributed by atoms with van der Waals surface area (Å²) >= 11 is 0. The van der Waals surface area contributed by atoms with Crippen molar-refractivity contribution in [1.29, 1.82) is 0 Å². The fourth-order valence-corrected chi connectivity index (χ4v) is 4.02. The third-order valence-corrected chi connectivity index (χ3v) is 5.53. The molecule has 0 bridgehead atoms. The van der Waals surface area contributed by atoms with Crippen molar-refractivity contribution in [3.05, 3.63) is 23.3 Å². The molecule has 1 unspecified atom stereocenters. The van der Waals surface area contributed by atoms with Crippen molar-refractivity contribution >= 4 is 5.91 Å². The highest BCUT2D eigenvalue weighted by Gasteiger charge is 2.31. The van der Waals surface area contributed by atoms with Crippen molar-refractivity contribution in [1.82, 2.24) is 4.90 Å². The van der Waals surface area contributed by atoms with Crippen LogP contribution < -0.4 is 9.47 Å². The van der Waals surface area contributed by atoms with E-state index in [0.29, 0.717) is 18.4 Å². The molecule has 0 spiro atoms. The molecule has 4 nitrogen and oxygen atoms in total. The highest BCUT2D eigenvalue weighted by molar-refractivity contribution is 5.79. The zero-order chi connectivity index (χ0) is 16.4. The molecule has 2 aliphatic rings. The lowest BCUT2D eigenvalue weighted by atomic mass is 9.90. The minimum absolute atomic E-state index is 0.152. The quantitative estimate of drug-likeness (QED) is 0.854. The number of fused-ring (bicyclic) bond motifs is 1. The van der Waals surface area contributed by atoms with E-state index in [-0.39, 0.29) is 5.92 Å². The zero-order valence-corrected chi connectivity index (χ0v) is 14.4. The summed E-state index contributed by atoms with van der Waals surface area (Å²) in [5, 5.41) is 0. The third-order valence-electron chi connectivity index (χ3n) is 5.53. The van der Waals surface area contributed by atoms with Gasteiger partial charge in [0.05, 0.1) is 14.2 Å². The maximum absolute atomic E-state index is 12.8. The van der Waals surface area contributed by atoms with Gasteiger partial charge in [0.25, 0.3) is 0 Å². The molecule has 0 radical (unpaired) electrons. The topological polar surface area (TPSA) is 38.8 Å². The van der Waals surface area contributed by atoms with E-state index in [0.717, 1.165) is 24.5 Å². The molecular formula is C19H27NO3. The van der Waals surface area contributed by atoms with Crippen LogP contribution in [0.5, 0.6) is 11.5 Å². The van der Waals surface area contributed by atoms with Gasteiger partial charge in [-0.05, 0) is 48.4 Å². The number of carbonyl (C=O) groups is 1. The number of carbonyl (C=O) groups excluding carboxylic acids is 1. The van der Waals surface area contributed by atoms with Gasteiger partial charge in [-0.25, -0.2) is 0 Å². The van der Waals surface area contributed by atoms with E-state index in [2.05, 4.69) is 13.0 Å². The van der Waals surface area contributed by atoms with Gasteiger partial charge < -0.3 is 14.4 Å². The summed E-state index contributed by atoms with van der Waals surface area (Å²) in [5.41, 5.74) is 2.45. The minimum Gasteiger partial charge on any atom is -0.493 e. The fraction of sp³-hybridized carbons (Fsp3) is 0.632. The van der Waals surface area contributed by atoms with Gasteiger partial charge in [-0.2, -0.15) is 0 Å². The molecule has 1 heterocycles. The summed E-state index contributed by atoms with van der Waals surface area (Å²) < 4.78 is 10.8. The van der Waals surface area contributed by atoms with Crippen LogP contribution in [0.3, 0.4) is 0 Å². The van der Waals surface area contributed by atoms with Crippen molar-refractivity contribution in [2.75, 3.05) is 20.8 Å². The van der Waals surface area contributed by atoms with Gasteiger partial charge in [0.2, 0.25) is 5.91 Å². The van der Waals surface area contributed by atoms with Crippen LogP contribution in [0.4, 0.5) is 0 Å². The molecule has 0 saturated heterocycles. The van der Waals surface area contributed by atoms with Gasteiger partial charge in [-0.1, -0.05) is 19.8 Å². The Balaban J connectivity index is 1.75.